The SMILES string of the molecule is S=c1[nH]cncc1-c1cncnc1. The fourth-order valence-electron chi connectivity index (χ4n) is 0.988. The van der Waals surface area contributed by atoms with Gasteiger partial charge in [-0.3, -0.25) is 0 Å². The van der Waals surface area contributed by atoms with Crippen LogP contribution >= 0.6 is 12.2 Å². The Kier molecular flexibility index (Phi) is 2.09. The Morgan fingerprint density at radius 3 is 2.54 bits per heavy atom. The molecule has 0 aliphatic rings. The monoisotopic (exact) mass is 190 g/mol. The maximum Gasteiger partial charge on any atom is 0.115 e. The van der Waals surface area contributed by atoms with E-state index in [9.17, 15) is 0 Å². The molecule has 0 amide bonds. The third-order valence-electron chi connectivity index (χ3n) is 1.59. The molecule has 0 saturated carbocycles. The molecule has 0 aromatic carbocycles. The Labute approximate surface area is 79.7 Å². The molecule has 0 atom stereocenters. The summed E-state index contributed by atoms with van der Waals surface area (Å²) in [4.78, 5) is 14.6. The molecule has 2 aromatic heterocycles. The lowest BCUT2D eigenvalue weighted by Crippen LogP contribution is -1.86. The van der Waals surface area contributed by atoms with Gasteiger partial charge >= 0.3 is 0 Å². The van der Waals surface area contributed by atoms with Crippen LogP contribution in [-0.2, 0) is 0 Å². The fourth-order valence-corrected chi connectivity index (χ4v) is 1.21. The van der Waals surface area contributed by atoms with Crippen molar-refractivity contribution in [3.8, 4) is 11.1 Å². The summed E-state index contributed by atoms with van der Waals surface area (Å²) in [6, 6.07) is 0. The van der Waals surface area contributed by atoms with Crippen LogP contribution in [-0.4, -0.2) is 19.9 Å². The van der Waals surface area contributed by atoms with Crippen LogP contribution in [0.4, 0.5) is 0 Å². The zero-order valence-corrected chi connectivity index (χ0v) is 7.45. The topological polar surface area (TPSA) is 54.5 Å². The highest BCUT2D eigenvalue weighted by molar-refractivity contribution is 7.71. The quantitative estimate of drug-likeness (QED) is 0.694. The highest BCUT2D eigenvalue weighted by Crippen LogP contribution is 2.15. The first kappa shape index (κ1) is 8.00. The molecule has 5 heteroatoms. The average Bonchev–Trinajstić information content (AvgIpc) is 2.20. The van der Waals surface area contributed by atoms with E-state index in [1.54, 1.807) is 24.9 Å². The van der Waals surface area contributed by atoms with Crippen molar-refractivity contribution in [2.75, 3.05) is 0 Å². The number of hydrogen-bond acceptors (Lipinski definition) is 4. The van der Waals surface area contributed by atoms with Crippen LogP contribution in [0.5, 0.6) is 0 Å². The van der Waals surface area contributed by atoms with E-state index in [0.29, 0.717) is 4.64 Å². The molecule has 2 heterocycles. The number of rotatable bonds is 1. The van der Waals surface area contributed by atoms with Crippen molar-refractivity contribution in [3.63, 3.8) is 0 Å². The van der Waals surface area contributed by atoms with E-state index in [2.05, 4.69) is 19.9 Å². The van der Waals surface area contributed by atoms with Gasteiger partial charge < -0.3 is 4.98 Å². The fraction of sp³-hybridized carbons (Fsp3) is 0. The van der Waals surface area contributed by atoms with Gasteiger partial charge in [-0.25, -0.2) is 15.0 Å². The van der Waals surface area contributed by atoms with E-state index in [1.165, 1.54) is 6.33 Å². The molecule has 0 saturated heterocycles. The molecule has 1 N–H and O–H groups in total. The van der Waals surface area contributed by atoms with Crippen LogP contribution in [0.15, 0.2) is 31.2 Å². The van der Waals surface area contributed by atoms with Crippen LogP contribution in [0.25, 0.3) is 11.1 Å². The third kappa shape index (κ3) is 1.59. The van der Waals surface area contributed by atoms with Gasteiger partial charge in [-0.15, -0.1) is 0 Å². The number of aromatic nitrogens is 4. The minimum atomic E-state index is 0.643. The predicted octanol–water partition coefficient (Wildman–Crippen LogP) is 1.60. The molecule has 0 fully saturated rings. The first-order valence-electron chi connectivity index (χ1n) is 3.66. The van der Waals surface area contributed by atoms with Crippen molar-refractivity contribution >= 4 is 12.2 Å². The minimum absolute atomic E-state index is 0.643. The smallest absolute Gasteiger partial charge is 0.115 e. The summed E-state index contributed by atoms with van der Waals surface area (Å²) >= 11 is 5.08. The summed E-state index contributed by atoms with van der Waals surface area (Å²) < 4.78 is 0.643. The molecule has 2 aromatic rings. The van der Waals surface area contributed by atoms with Gasteiger partial charge in [-0.2, -0.15) is 0 Å². The van der Waals surface area contributed by atoms with Gasteiger partial charge in [0.05, 0.1) is 6.33 Å². The molecule has 0 radical (unpaired) electrons. The number of hydrogen-bond donors (Lipinski definition) is 1. The number of H-pyrrole nitrogens is 1. The first-order chi connectivity index (χ1) is 6.38. The summed E-state index contributed by atoms with van der Waals surface area (Å²) in [5, 5.41) is 0. The van der Waals surface area contributed by atoms with Gasteiger partial charge in [0.25, 0.3) is 0 Å². The second-order valence-corrected chi connectivity index (χ2v) is 2.83. The minimum Gasteiger partial charge on any atom is -0.337 e. The molecule has 0 aliphatic heterocycles. The molecule has 0 unspecified atom stereocenters. The van der Waals surface area contributed by atoms with Crippen molar-refractivity contribution in [1.29, 1.82) is 0 Å². The average molecular weight is 190 g/mol. The maximum atomic E-state index is 5.08. The van der Waals surface area contributed by atoms with E-state index in [4.69, 9.17) is 12.2 Å². The Morgan fingerprint density at radius 2 is 1.85 bits per heavy atom. The molecule has 0 spiro atoms. The van der Waals surface area contributed by atoms with E-state index >= 15 is 0 Å². The molecular weight excluding hydrogens is 184 g/mol. The second-order valence-electron chi connectivity index (χ2n) is 2.42. The number of aromatic amines is 1. The highest BCUT2D eigenvalue weighted by Gasteiger charge is 1.98. The largest absolute Gasteiger partial charge is 0.337 e. The lowest BCUT2D eigenvalue weighted by molar-refractivity contribution is 1.13. The van der Waals surface area contributed by atoms with Gasteiger partial charge in [-0.1, -0.05) is 12.2 Å². The van der Waals surface area contributed by atoms with Gasteiger partial charge in [0.1, 0.15) is 11.0 Å². The van der Waals surface area contributed by atoms with Crippen LogP contribution in [0.1, 0.15) is 0 Å². The van der Waals surface area contributed by atoms with Crippen LogP contribution in [0.3, 0.4) is 0 Å². The van der Waals surface area contributed by atoms with E-state index < -0.39 is 0 Å². The Bertz CT molecular complexity index is 451. The Hall–Kier alpha value is -1.62. The van der Waals surface area contributed by atoms with E-state index in [-0.39, 0.29) is 0 Å². The van der Waals surface area contributed by atoms with Gasteiger partial charge in [0.15, 0.2) is 0 Å². The summed E-state index contributed by atoms with van der Waals surface area (Å²) in [5.74, 6) is 0. The van der Waals surface area contributed by atoms with Crippen LogP contribution in [0.2, 0.25) is 0 Å². The van der Waals surface area contributed by atoms with Gasteiger partial charge in [0, 0.05) is 29.7 Å². The highest BCUT2D eigenvalue weighted by atomic mass is 32.1. The summed E-state index contributed by atoms with van der Waals surface area (Å²) in [7, 11) is 0. The zero-order chi connectivity index (χ0) is 9.10. The summed E-state index contributed by atoms with van der Waals surface area (Å²) in [5.41, 5.74) is 1.72. The van der Waals surface area contributed by atoms with Crippen molar-refractivity contribution in [2.45, 2.75) is 0 Å². The second kappa shape index (κ2) is 3.40. The molecule has 0 bridgehead atoms. The van der Waals surface area contributed by atoms with Crippen LogP contribution < -0.4 is 0 Å². The number of nitrogens with zero attached hydrogens (tertiary/aromatic N) is 3. The normalized spacial score (nSPS) is 9.85. The summed E-state index contributed by atoms with van der Waals surface area (Å²) in [6.07, 6.45) is 8.13. The lowest BCUT2D eigenvalue weighted by Gasteiger charge is -1.97. The molecular formula is C8H6N4S. The van der Waals surface area contributed by atoms with Crippen LogP contribution in [0, 0.1) is 4.64 Å². The van der Waals surface area contributed by atoms with Gasteiger partial charge in [-0.05, 0) is 0 Å². The van der Waals surface area contributed by atoms with E-state index in [0.717, 1.165) is 11.1 Å². The Morgan fingerprint density at radius 1 is 1.08 bits per heavy atom. The molecule has 4 nitrogen and oxygen atoms in total. The Balaban J connectivity index is 2.60. The molecule has 64 valence electrons. The van der Waals surface area contributed by atoms with E-state index in [1.807, 2.05) is 0 Å². The molecule has 2 rings (SSSR count). The van der Waals surface area contributed by atoms with Crippen molar-refractivity contribution in [3.05, 3.63) is 35.9 Å². The zero-order valence-electron chi connectivity index (χ0n) is 6.64. The number of nitrogens with one attached hydrogen (secondary N) is 1. The summed E-state index contributed by atoms with van der Waals surface area (Å²) in [6.45, 7) is 0. The van der Waals surface area contributed by atoms with Crippen molar-refractivity contribution in [2.24, 2.45) is 0 Å². The molecule has 0 aliphatic carbocycles. The standard InChI is InChI=1S/C8H6N4S/c13-8-7(3-11-5-12-8)6-1-9-4-10-2-6/h1-5H,(H,11,12,13). The van der Waals surface area contributed by atoms with Crippen molar-refractivity contribution in [1.82, 2.24) is 19.9 Å². The third-order valence-corrected chi connectivity index (χ3v) is 1.93. The lowest BCUT2D eigenvalue weighted by atomic mass is 10.2. The van der Waals surface area contributed by atoms with Gasteiger partial charge in [0.2, 0.25) is 0 Å². The predicted molar refractivity (Wildman–Crippen MR) is 50.4 cm³/mol. The van der Waals surface area contributed by atoms with Crippen molar-refractivity contribution < 1.29 is 0 Å². The first-order valence-corrected chi connectivity index (χ1v) is 4.07. The maximum absolute atomic E-state index is 5.08. The molecule has 13 heavy (non-hydrogen) atoms.